The SMILES string of the molecule is Cc1cc(CCC(=O)O)cc([C@H]2CCCN2S(C)(=O)=O)n1. The molecule has 1 aliphatic heterocycles. The molecule has 7 heteroatoms. The van der Waals surface area contributed by atoms with E-state index in [1.165, 1.54) is 10.6 Å². The number of carboxylic acid groups (broad SMARTS) is 1. The second-order valence-corrected chi connectivity index (χ2v) is 7.40. The third-order valence-electron chi connectivity index (χ3n) is 3.63. The largest absolute Gasteiger partial charge is 0.481 e. The van der Waals surface area contributed by atoms with Gasteiger partial charge in [0.25, 0.3) is 0 Å². The Morgan fingerprint density at radius 3 is 2.81 bits per heavy atom. The van der Waals surface area contributed by atoms with Crippen molar-refractivity contribution in [1.29, 1.82) is 0 Å². The van der Waals surface area contributed by atoms with E-state index >= 15 is 0 Å². The lowest BCUT2D eigenvalue weighted by Gasteiger charge is -2.22. The second kappa shape index (κ2) is 6.11. The van der Waals surface area contributed by atoms with Gasteiger partial charge in [-0.15, -0.1) is 0 Å². The van der Waals surface area contributed by atoms with Crippen molar-refractivity contribution in [1.82, 2.24) is 9.29 Å². The van der Waals surface area contributed by atoms with E-state index in [1.54, 1.807) is 0 Å². The van der Waals surface area contributed by atoms with Crippen LogP contribution in [-0.4, -0.2) is 41.6 Å². The Kier molecular flexibility index (Phi) is 4.63. The fourth-order valence-corrected chi connectivity index (χ4v) is 3.90. The summed E-state index contributed by atoms with van der Waals surface area (Å²) in [4.78, 5) is 15.1. The highest BCUT2D eigenvalue weighted by molar-refractivity contribution is 7.88. The van der Waals surface area contributed by atoms with Gasteiger partial charge in [0.05, 0.1) is 18.0 Å². The summed E-state index contributed by atoms with van der Waals surface area (Å²) < 4.78 is 25.1. The molecule has 1 fully saturated rings. The molecular formula is C14H20N2O4S. The fourth-order valence-electron chi connectivity index (χ4n) is 2.77. The molecule has 0 spiro atoms. The van der Waals surface area contributed by atoms with Gasteiger partial charge in [0.15, 0.2) is 0 Å². The number of sulfonamides is 1. The normalized spacial score (nSPS) is 19.8. The fraction of sp³-hybridized carbons (Fsp3) is 0.571. The lowest BCUT2D eigenvalue weighted by molar-refractivity contribution is -0.136. The molecule has 0 unspecified atom stereocenters. The maximum absolute atomic E-state index is 11.8. The number of carbonyl (C=O) groups is 1. The van der Waals surface area contributed by atoms with Gasteiger partial charge in [-0.2, -0.15) is 4.31 Å². The summed E-state index contributed by atoms with van der Waals surface area (Å²) in [6.07, 6.45) is 3.27. The molecule has 1 aliphatic rings. The van der Waals surface area contributed by atoms with Crippen LogP contribution in [0.4, 0.5) is 0 Å². The average Bonchev–Trinajstić information content (AvgIpc) is 2.84. The molecule has 2 rings (SSSR count). The van der Waals surface area contributed by atoms with Crippen molar-refractivity contribution < 1.29 is 18.3 Å². The summed E-state index contributed by atoms with van der Waals surface area (Å²) in [6.45, 7) is 2.36. The predicted octanol–water partition coefficient (Wildman–Crippen LogP) is 1.50. The molecule has 0 saturated carbocycles. The van der Waals surface area contributed by atoms with Gasteiger partial charge in [-0.05, 0) is 43.9 Å². The first-order valence-corrected chi connectivity index (χ1v) is 8.78. The Morgan fingerprint density at radius 2 is 2.19 bits per heavy atom. The van der Waals surface area contributed by atoms with Gasteiger partial charge in [-0.25, -0.2) is 8.42 Å². The van der Waals surface area contributed by atoms with Crippen molar-refractivity contribution >= 4 is 16.0 Å². The summed E-state index contributed by atoms with van der Waals surface area (Å²) in [7, 11) is -3.25. The maximum atomic E-state index is 11.8. The number of hydrogen-bond acceptors (Lipinski definition) is 4. The Hall–Kier alpha value is -1.47. The Bertz CT molecular complexity index is 642. The highest BCUT2D eigenvalue weighted by atomic mass is 32.2. The minimum Gasteiger partial charge on any atom is -0.481 e. The standard InChI is InChI=1S/C14H20N2O4S/c1-10-8-11(5-6-14(17)18)9-12(15-10)13-4-3-7-16(13)21(2,19)20/h8-9,13H,3-7H2,1-2H3,(H,17,18)/t13-/m1/s1. The highest BCUT2D eigenvalue weighted by Gasteiger charge is 2.33. The van der Waals surface area contributed by atoms with Crippen LogP contribution >= 0.6 is 0 Å². The van der Waals surface area contributed by atoms with E-state index in [-0.39, 0.29) is 12.5 Å². The molecule has 1 N–H and O–H groups in total. The van der Waals surface area contributed by atoms with Gasteiger partial charge in [0.1, 0.15) is 0 Å². The number of carboxylic acids is 1. The van der Waals surface area contributed by atoms with E-state index in [0.717, 1.165) is 29.8 Å². The van der Waals surface area contributed by atoms with Crippen LogP contribution < -0.4 is 0 Å². The number of nitrogens with zero attached hydrogens (tertiary/aromatic N) is 2. The molecule has 0 radical (unpaired) electrons. The predicted molar refractivity (Wildman–Crippen MR) is 78.5 cm³/mol. The number of aromatic nitrogens is 1. The van der Waals surface area contributed by atoms with Gasteiger partial charge in [0, 0.05) is 18.7 Å². The van der Waals surface area contributed by atoms with E-state index in [4.69, 9.17) is 5.11 Å². The first-order chi connectivity index (χ1) is 9.77. The van der Waals surface area contributed by atoms with Crippen LogP contribution in [0.2, 0.25) is 0 Å². The maximum Gasteiger partial charge on any atom is 0.303 e. The lowest BCUT2D eigenvalue weighted by Crippen LogP contribution is -2.30. The van der Waals surface area contributed by atoms with Crippen molar-refractivity contribution in [3.8, 4) is 0 Å². The van der Waals surface area contributed by atoms with Gasteiger partial charge >= 0.3 is 5.97 Å². The smallest absolute Gasteiger partial charge is 0.303 e. The quantitative estimate of drug-likeness (QED) is 0.890. The van der Waals surface area contributed by atoms with Crippen LogP contribution in [0.3, 0.4) is 0 Å². The van der Waals surface area contributed by atoms with Gasteiger partial charge in [-0.3, -0.25) is 9.78 Å². The minimum absolute atomic E-state index is 0.0589. The molecule has 21 heavy (non-hydrogen) atoms. The van der Waals surface area contributed by atoms with Crippen molar-refractivity contribution in [3.05, 3.63) is 29.1 Å². The Morgan fingerprint density at radius 1 is 1.48 bits per heavy atom. The second-order valence-electron chi connectivity index (χ2n) is 5.47. The van der Waals surface area contributed by atoms with Crippen molar-refractivity contribution in [2.24, 2.45) is 0 Å². The molecule has 0 aliphatic carbocycles. The van der Waals surface area contributed by atoms with Crippen molar-refractivity contribution in [2.75, 3.05) is 12.8 Å². The molecule has 1 aromatic rings. The third kappa shape index (κ3) is 4.01. The molecule has 0 amide bonds. The Labute approximate surface area is 124 Å². The number of aliphatic carboxylic acids is 1. The van der Waals surface area contributed by atoms with Crippen molar-refractivity contribution in [2.45, 2.75) is 38.6 Å². The third-order valence-corrected chi connectivity index (χ3v) is 4.92. The molecule has 1 atom stereocenters. The zero-order valence-electron chi connectivity index (χ0n) is 12.2. The molecule has 0 bridgehead atoms. The first-order valence-electron chi connectivity index (χ1n) is 6.93. The summed E-state index contributed by atoms with van der Waals surface area (Å²) in [5.74, 6) is -0.843. The van der Waals surface area contributed by atoms with E-state index in [1.807, 2.05) is 19.1 Å². The summed E-state index contributed by atoms with van der Waals surface area (Å²) in [5.41, 5.74) is 2.40. The number of hydrogen-bond donors (Lipinski definition) is 1. The molecule has 1 saturated heterocycles. The first kappa shape index (κ1) is 15.9. The molecule has 0 aromatic carbocycles. The zero-order chi connectivity index (χ0) is 15.6. The number of rotatable bonds is 5. The van der Waals surface area contributed by atoms with Crippen LogP contribution in [-0.2, 0) is 21.2 Å². The van der Waals surface area contributed by atoms with E-state index < -0.39 is 16.0 Å². The average molecular weight is 312 g/mol. The molecule has 116 valence electrons. The minimum atomic E-state index is -3.25. The molecule has 2 heterocycles. The number of aryl methyl sites for hydroxylation is 2. The van der Waals surface area contributed by atoms with E-state index in [9.17, 15) is 13.2 Å². The highest BCUT2D eigenvalue weighted by Crippen LogP contribution is 2.33. The summed E-state index contributed by atoms with van der Waals surface area (Å²) >= 11 is 0. The van der Waals surface area contributed by atoms with Crippen LogP contribution in [0.15, 0.2) is 12.1 Å². The van der Waals surface area contributed by atoms with Gasteiger partial charge < -0.3 is 5.11 Å². The van der Waals surface area contributed by atoms with Gasteiger partial charge in [-0.1, -0.05) is 0 Å². The van der Waals surface area contributed by atoms with E-state index in [2.05, 4.69) is 4.98 Å². The monoisotopic (exact) mass is 312 g/mol. The van der Waals surface area contributed by atoms with Crippen molar-refractivity contribution in [3.63, 3.8) is 0 Å². The van der Waals surface area contributed by atoms with Crippen LogP contribution in [0, 0.1) is 6.92 Å². The van der Waals surface area contributed by atoms with Crippen LogP contribution in [0.1, 0.15) is 42.3 Å². The zero-order valence-corrected chi connectivity index (χ0v) is 13.1. The summed E-state index contributed by atoms with van der Waals surface area (Å²) in [6, 6.07) is 3.46. The topological polar surface area (TPSA) is 87.6 Å². The molecular weight excluding hydrogens is 292 g/mol. The molecule has 1 aromatic heterocycles. The summed E-state index contributed by atoms with van der Waals surface area (Å²) in [5, 5.41) is 8.77. The lowest BCUT2D eigenvalue weighted by atomic mass is 10.0. The molecule has 6 nitrogen and oxygen atoms in total. The van der Waals surface area contributed by atoms with Gasteiger partial charge in [0.2, 0.25) is 10.0 Å². The van der Waals surface area contributed by atoms with Crippen LogP contribution in [0.25, 0.3) is 0 Å². The Balaban J connectivity index is 2.28. The van der Waals surface area contributed by atoms with E-state index in [0.29, 0.717) is 13.0 Å². The number of pyridine rings is 1. The van der Waals surface area contributed by atoms with Crippen LogP contribution in [0.5, 0.6) is 0 Å².